The molecule has 0 aromatic heterocycles. The lowest BCUT2D eigenvalue weighted by atomic mass is 9.97. The van der Waals surface area contributed by atoms with Gasteiger partial charge in [0.1, 0.15) is 6.04 Å². The van der Waals surface area contributed by atoms with Gasteiger partial charge in [0.05, 0.1) is 11.7 Å². The summed E-state index contributed by atoms with van der Waals surface area (Å²) in [6.45, 7) is 6.04. The lowest BCUT2D eigenvalue weighted by Crippen LogP contribution is -2.64. The maximum absolute atomic E-state index is 14.1. The summed E-state index contributed by atoms with van der Waals surface area (Å²) in [5, 5.41) is 12.1. The summed E-state index contributed by atoms with van der Waals surface area (Å²) in [7, 11) is 0. The Labute approximate surface area is 220 Å². The molecule has 0 bridgehead atoms. The number of aliphatic hydroxyl groups excluding tert-OH is 1. The van der Waals surface area contributed by atoms with Gasteiger partial charge in [0.2, 0.25) is 11.8 Å². The largest absolute Gasteiger partial charge is 0.416 e. The zero-order valence-electron chi connectivity index (χ0n) is 21.7. The monoisotopic (exact) mass is 531 g/mol. The number of hydrazine groups is 1. The predicted molar refractivity (Wildman–Crippen MR) is 136 cm³/mol. The molecule has 0 radical (unpaired) electrons. The third kappa shape index (κ3) is 6.42. The van der Waals surface area contributed by atoms with E-state index in [1.165, 1.54) is 18.0 Å². The molecule has 3 atom stereocenters. The lowest BCUT2D eigenvalue weighted by Gasteiger charge is -2.47. The molecule has 0 saturated heterocycles. The molecule has 0 saturated carbocycles. The molecule has 2 aromatic rings. The van der Waals surface area contributed by atoms with Gasteiger partial charge in [-0.1, -0.05) is 74.5 Å². The van der Waals surface area contributed by atoms with Crippen LogP contribution in [0, 0.1) is 5.92 Å². The number of halogens is 3. The van der Waals surface area contributed by atoms with Gasteiger partial charge >= 0.3 is 6.18 Å². The number of aliphatic hydroxyl groups is 1. The van der Waals surface area contributed by atoms with Crippen molar-refractivity contribution in [3.8, 4) is 0 Å². The van der Waals surface area contributed by atoms with E-state index >= 15 is 0 Å². The second-order valence-corrected chi connectivity index (χ2v) is 9.71. The fraction of sp³-hybridized carbons (Fsp3) is 0.393. The first-order chi connectivity index (χ1) is 17.8. The van der Waals surface area contributed by atoms with Crippen molar-refractivity contribution in [1.82, 2.24) is 14.9 Å². The van der Waals surface area contributed by atoms with Gasteiger partial charge in [0.15, 0.2) is 6.10 Å². The van der Waals surface area contributed by atoms with Crippen LogP contribution in [0.3, 0.4) is 0 Å². The molecule has 3 amide bonds. The second kappa shape index (κ2) is 11.8. The Kier molecular flexibility index (Phi) is 8.98. The van der Waals surface area contributed by atoms with Crippen LogP contribution in [0.1, 0.15) is 45.2 Å². The number of hydrogen-bond acceptors (Lipinski definition) is 4. The Morgan fingerprint density at radius 2 is 1.55 bits per heavy atom. The zero-order valence-corrected chi connectivity index (χ0v) is 21.7. The van der Waals surface area contributed by atoms with Crippen LogP contribution in [0.4, 0.5) is 13.2 Å². The summed E-state index contributed by atoms with van der Waals surface area (Å²) in [4.78, 5) is 41.0. The Morgan fingerprint density at radius 1 is 1.00 bits per heavy atom. The lowest BCUT2D eigenvalue weighted by molar-refractivity contribution is -0.232. The van der Waals surface area contributed by atoms with Crippen molar-refractivity contribution in [2.75, 3.05) is 0 Å². The fourth-order valence-electron chi connectivity index (χ4n) is 4.58. The average Bonchev–Trinajstić information content (AvgIpc) is 2.85. The molecular formula is C28H32F3N3O4. The molecule has 10 heteroatoms. The van der Waals surface area contributed by atoms with E-state index in [0.29, 0.717) is 16.1 Å². The highest BCUT2D eigenvalue weighted by Gasteiger charge is 2.51. The van der Waals surface area contributed by atoms with E-state index in [2.05, 4.69) is 0 Å². The molecule has 1 N–H and O–H groups in total. The first kappa shape index (κ1) is 28.9. The number of carbonyl (C=O) groups is 3. The van der Waals surface area contributed by atoms with Gasteiger partial charge in [-0.25, -0.2) is 10.0 Å². The molecule has 38 heavy (non-hydrogen) atoms. The Hall–Kier alpha value is -3.66. The van der Waals surface area contributed by atoms with Crippen LogP contribution in [0.15, 0.2) is 66.9 Å². The van der Waals surface area contributed by atoms with E-state index in [4.69, 9.17) is 0 Å². The molecular weight excluding hydrogens is 499 g/mol. The first-order valence-electron chi connectivity index (χ1n) is 12.3. The van der Waals surface area contributed by atoms with E-state index in [1.54, 1.807) is 60.7 Å². The van der Waals surface area contributed by atoms with Crippen LogP contribution in [0.5, 0.6) is 0 Å². The highest BCUT2D eigenvalue weighted by Crippen LogP contribution is 2.35. The van der Waals surface area contributed by atoms with Crippen molar-refractivity contribution in [3.63, 3.8) is 0 Å². The summed E-state index contributed by atoms with van der Waals surface area (Å²) in [5.41, 5.74) is 0.889. The van der Waals surface area contributed by atoms with Crippen LogP contribution >= 0.6 is 0 Å². The van der Waals surface area contributed by atoms with E-state index < -0.39 is 42.1 Å². The maximum atomic E-state index is 14.1. The number of benzene rings is 2. The Morgan fingerprint density at radius 3 is 2.03 bits per heavy atom. The molecule has 1 aliphatic heterocycles. The minimum atomic E-state index is -5.08. The molecule has 3 rings (SSSR count). The SMILES string of the molecule is CC(=O)N1C=C(c2ccccc2)N(N(C(C)=O)C(Cc2ccccc2)C(O)C(F)(F)F)C(=O)C1CC(C)C. The smallest absolute Gasteiger partial charge is 0.382 e. The molecule has 2 aromatic carbocycles. The Balaban J connectivity index is 2.26. The van der Waals surface area contributed by atoms with E-state index in [0.717, 1.165) is 11.9 Å². The van der Waals surface area contributed by atoms with Crippen LogP contribution in [0.2, 0.25) is 0 Å². The molecule has 1 aliphatic rings. The normalized spacial score (nSPS) is 17.8. The van der Waals surface area contributed by atoms with E-state index in [1.807, 2.05) is 13.8 Å². The third-order valence-corrected chi connectivity index (χ3v) is 6.29. The van der Waals surface area contributed by atoms with E-state index in [-0.39, 0.29) is 24.5 Å². The van der Waals surface area contributed by atoms with Crippen molar-refractivity contribution in [2.24, 2.45) is 5.92 Å². The van der Waals surface area contributed by atoms with Gasteiger partial charge in [0.25, 0.3) is 5.91 Å². The maximum Gasteiger partial charge on any atom is 0.416 e. The van der Waals surface area contributed by atoms with Gasteiger partial charge in [-0.2, -0.15) is 13.2 Å². The van der Waals surface area contributed by atoms with Gasteiger partial charge in [-0.3, -0.25) is 14.4 Å². The standard InChI is InChI=1S/C28H32F3N3O4/c1-18(2)15-24-27(38)34(25(17-32(24)19(3)35)22-13-9-6-10-14-22)33(20(4)36)23(26(37)28(29,30)31)16-21-11-7-5-8-12-21/h5-14,17-18,23-24,26,37H,15-16H2,1-4H3. The quantitative estimate of drug-likeness (QED) is 0.548. The molecule has 204 valence electrons. The molecule has 0 aliphatic carbocycles. The molecule has 0 spiro atoms. The van der Waals surface area contributed by atoms with Crippen LogP contribution < -0.4 is 0 Å². The topological polar surface area (TPSA) is 81.2 Å². The number of alkyl halides is 3. The zero-order chi connectivity index (χ0) is 28.2. The molecule has 3 unspecified atom stereocenters. The predicted octanol–water partition coefficient (Wildman–Crippen LogP) is 4.39. The number of rotatable bonds is 8. The minimum absolute atomic E-state index is 0.0495. The van der Waals surface area contributed by atoms with Gasteiger partial charge < -0.3 is 10.0 Å². The third-order valence-electron chi connectivity index (χ3n) is 6.29. The molecule has 7 nitrogen and oxygen atoms in total. The van der Waals surface area contributed by atoms with Crippen LogP contribution in [-0.4, -0.2) is 62.1 Å². The minimum Gasteiger partial charge on any atom is -0.382 e. The van der Waals surface area contributed by atoms with Gasteiger partial charge in [-0.05, 0) is 24.3 Å². The number of carbonyl (C=O) groups excluding carboxylic acids is 3. The van der Waals surface area contributed by atoms with Crippen molar-refractivity contribution >= 4 is 23.4 Å². The van der Waals surface area contributed by atoms with Gasteiger partial charge in [0, 0.05) is 25.6 Å². The fourth-order valence-corrected chi connectivity index (χ4v) is 4.58. The average molecular weight is 532 g/mol. The van der Waals surface area contributed by atoms with Crippen molar-refractivity contribution < 1.29 is 32.7 Å². The summed E-state index contributed by atoms with van der Waals surface area (Å²) >= 11 is 0. The first-order valence-corrected chi connectivity index (χ1v) is 12.3. The van der Waals surface area contributed by atoms with Crippen molar-refractivity contribution in [3.05, 3.63) is 78.0 Å². The second-order valence-electron chi connectivity index (χ2n) is 9.71. The van der Waals surface area contributed by atoms with E-state index in [9.17, 15) is 32.7 Å². The van der Waals surface area contributed by atoms with Gasteiger partial charge in [-0.15, -0.1) is 0 Å². The summed E-state index contributed by atoms with van der Waals surface area (Å²) in [6, 6.07) is 13.5. The molecule has 0 fully saturated rings. The van der Waals surface area contributed by atoms with Crippen LogP contribution in [0.25, 0.3) is 5.70 Å². The molecule has 1 heterocycles. The Bertz CT molecular complexity index is 1170. The summed E-state index contributed by atoms with van der Waals surface area (Å²) < 4.78 is 41.9. The summed E-state index contributed by atoms with van der Waals surface area (Å²) in [5.74, 6) is -2.09. The van der Waals surface area contributed by atoms with Crippen LogP contribution in [-0.2, 0) is 20.8 Å². The number of amides is 3. The highest BCUT2D eigenvalue weighted by atomic mass is 19.4. The van der Waals surface area contributed by atoms with Crippen molar-refractivity contribution in [2.45, 2.75) is 64.9 Å². The number of hydrogen-bond donors (Lipinski definition) is 1. The number of nitrogens with zero attached hydrogens (tertiary/aromatic N) is 3. The highest BCUT2D eigenvalue weighted by molar-refractivity contribution is 5.98. The summed E-state index contributed by atoms with van der Waals surface area (Å²) in [6.07, 6.45) is -6.80. The van der Waals surface area contributed by atoms with Crippen molar-refractivity contribution in [1.29, 1.82) is 0 Å².